The van der Waals surface area contributed by atoms with Crippen LogP contribution in [0.3, 0.4) is 0 Å². The zero-order chi connectivity index (χ0) is 23.3. The third kappa shape index (κ3) is 5.38. The first-order valence-corrected chi connectivity index (χ1v) is 11.6. The number of likely N-dealkylation sites (tertiary alicyclic amines) is 1. The van der Waals surface area contributed by atoms with E-state index in [1.165, 1.54) is 36.4 Å². The molecule has 8 nitrogen and oxygen atoms in total. The van der Waals surface area contributed by atoms with Gasteiger partial charge in [0.25, 0.3) is 11.8 Å². The highest BCUT2D eigenvalue weighted by atomic mass is 32.2. The van der Waals surface area contributed by atoms with E-state index in [4.69, 9.17) is 4.74 Å². The summed E-state index contributed by atoms with van der Waals surface area (Å²) in [5.74, 6) is -2.53. The summed E-state index contributed by atoms with van der Waals surface area (Å²) in [6.07, 6.45) is 0.213. The van der Waals surface area contributed by atoms with E-state index in [-0.39, 0.29) is 35.5 Å². The summed E-state index contributed by atoms with van der Waals surface area (Å²) >= 11 is 0. The number of amides is 2. The Kier molecular flexibility index (Phi) is 7.37. The Labute approximate surface area is 185 Å². The number of hydrogen-bond donors (Lipinski definition) is 1. The summed E-state index contributed by atoms with van der Waals surface area (Å²) in [7, 11) is -3.66. The van der Waals surface area contributed by atoms with Crippen molar-refractivity contribution in [3.05, 3.63) is 65.5 Å². The molecule has 1 saturated heterocycles. The average Bonchev–Trinajstić information content (AvgIpc) is 2.95. The van der Waals surface area contributed by atoms with Crippen LogP contribution in [0.4, 0.5) is 4.39 Å². The number of esters is 1. The highest BCUT2D eigenvalue weighted by Gasteiger charge is 2.34. The first-order chi connectivity index (χ1) is 15.2. The van der Waals surface area contributed by atoms with Gasteiger partial charge in [-0.3, -0.25) is 14.5 Å². The highest BCUT2D eigenvalue weighted by Crippen LogP contribution is 2.20. The van der Waals surface area contributed by atoms with Crippen LogP contribution >= 0.6 is 0 Å². The summed E-state index contributed by atoms with van der Waals surface area (Å²) in [6.45, 7) is 2.04. The molecule has 1 aliphatic rings. The maximum atomic E-state index is 13.1. The van der Waals surface area contributed by atoms with Crippen molar-refractivity contribution >= 4 is 27.8 Å². The van der Waals surface area contributed by atoms with E-state index in [0.717, 1.165) is 17.0 Å². The molecule has 2 aromatic carbocycles. The topological polar surface area (TPSA) is 110 Å². The Hall–Kier alpha value is -3.11. The Morgan fingerprint density at radius 2 is 1.69 bits per heavy atom. The Bertz CT molecular complexity index is 1100. The number of ether oxygens (including phenoxy) is 1. The fraction of sp³-hybridized carbons (Fsp3) is 0.318. The third-order valence-electron chi connectivity index (χ3n) is 4.96. The first-order valence-electron chi connectivity index (χ1n) is 10.1. The van der Waals surface area contributed by atoms with Gasteiger partial charge >= 0.3 is 5.97 Å². The molecule has 32 heavy (non-hydrogen) atoms. The number of nitrogens with zero attached hydrogens (tertiary/aromatic N) is 1. The van der Waals surface area contributed by atoms with Crippen LogP contribution in [0.5, 0.6) is 0 Å². The monoisotopic (exact) mass is 462 g/mol. The van der Waals surface area contributed by atoms with E-state index in [2.05, 4.69) is 4.72 Å². The standard InChI is InChI=1S/C22H23FN2O6S/c1-2-24-32(29,30)18-12-8-16(9-13-18)22(28)31-19-5-3-4-14-25(21(19)27)20(26)15-6-10-17(23)11-7-15/h6-13,19,24H,2-5,14H2,1H3/t19-/m1/s1. The van der Waals surface area contributed by atoms with Gasteiger partial charge in [-0.2, -0.15) is 0 Å². The summed E-state index contributed by atoms with van der Waals surface area (Å²) in [5, 5.41) is 0. The summed E-state index contributed by atoms with van der Waals surface area (Å²) in [5.41, 5.74) is 0.234. The number of nitrogens with one attached hydrogen (secondary N) is 1. The SMILES string of the molecule is CCNS(=O)(=O)c1ccc(C(=O)O[C@@H]2CCCCN(C(=O)c3ccc(F)cc3)C2=O)cc1. The van der Waals surface area contributed by atoms with Crippen molar-refractivity contribution in [1.29, 1.82) is 0 Å². The molecule has 170 valence electrons. The van der Waals surface area contributed by atoms with Gasteiger partial charge < -0.3 is 4.74 Å². The molecule has 1 atom stereocenters. The van der Waals surface area contributed by atoms with Gasteiger partial charge in [0, 0.05) is 18.7 Å². The Morgan fingerprint density at radius 3 is 2.31 bits per heavy atom. The van der Waals surface area contributed by atoms with Gasteiger partial charge in [0.1, 0.15) is 5.82 Å². The van der Waals surface area contributed by atoms with Crippen LogP contribution in [0, 0.1) is 5.82 Å². The van der Waals surface area contributed by atoms with Crippen LogP contribution in [-0.4, -0.2) is 50.3 Å². The molecule has 2 aromatic rings. The molecule has 2 amide bonds. The molecule has 3 rings (SSSR count). The molecule has 10 heteroatoms. The lowest BCUT2D eigenvalue weighted by Gasteiger charge is -2.22. The van der Waals surface area contributed by atoms with Crippen molar-refractivity contribution in [2.45, 2.75) is 37.2 Å². The minimum Gasteiger partial charge on any atom is -0.449 e. The van der Waals surface area contributed by atoms with E-state index in [1.807, 2.05) is 0 Å². The minimum atomic E-state index is -3.66. The molecule has 1 aliphatic heterocycles. The summed E-state index contributed by atoms with van der Waals surface area (Å²) < 4.78 is 44.9. The number of benzene rings is 2. The van der Waals surface area contributed by atoms with Crippen LogP contribution < -0.4 is 4.72 Å². The normalized spacial score (nSPS) is 17.0. The van der Waals surface area contributed by atoms with Gasteiger partial charge in [-0.25, -0.2) is 22.3 Å². The maximum absolute atomic E-state index is 13.1. The molecular weight excluding hydrogens is 439 g/mol. The van der Waals surface area contributed by atoms with Crippen molar-refractivity contribution in [3.8, 4) is 0 Å². The molecule has 1 fully saturated rings. The molecule has 0 saturated carbocycles. The quantitative estimate of drug-likeness (QED) is 0.522. The maximum Gasteiger partial charge on any atom is 0.338 e. The second-order valence-corrected chi connectivity index (χ2v) is 8.98. The van der Waals surface area contributed by atoms with E-state index in [0.29, 0.717) is 12.8 Å². The molecule has 0 unspecified atom stereocenters. The molecule has 0 aromatic heterocycles. The van der Waals surface area contributed by atoms with Gasteiger partial charge in [-0.05, 0) is 67.8 Å². The number of halogens is 1. The van der Waals surface area contributed by atoms with Gasteiger partial charge in [0.05, 0.1) is 10.5 Å². The van der Waals surface area contributed by atoms with Crippen LogP contribution in [-0.2, 0) is 19.6 Å². The highest BCUT2D eigenvalue weighted by molar-refractivity contribution is 7.89. The number of rotatable bonds is 6. The summed E-state index contributed by atoms with van der Waals surface area (Å²) in [6, 6.07) is 9.99. The Morgan fingerprint density at radius 1 is 1.06 bits per heavy atom. The zero-order valence-electron chi connectivity index (χ0n) is 17.4. The smallest absolute Gasteiger partial charge is 0.338 e. The van der Waals surface area contributed by atoms with Gasteiger partial charge in [-0.1, -0.05) is 6.92 Å². The molecule has 0 bridgehead atoms. The lowest BCUT2D eigenvalue weighted by molar-refractivity contribution is -0.137. The molecule has 0 spiro atoms. The second kappa shape index (κ2) is 10.0. The van der Waals surface area contributed by atoms with Crippen molar-refractivity contribution in [2.75, 3.05) is 13.1 Å². The fourth-order valence-electron chi connectivity index (χ4n) is 3.31. The largest absolute Gasteiger partial charge is 0.449 e. The van der Waals surface area contributed by atoms with E-state index >= 15 is 0 Å². The van der Waals surface area contributed by atoms with Gasteiger partial charge in [0.15, 0.2) is 6.10 Å². The van der Waals surface area contributed by atoms with E-state index in [1.54, 1.807) is 6.92 Å². The van der Waals surface area contributed by atoms with Crippen molar-refractivity contribution in [1.82, 2.24) is 9.62 Å². The molecular formula is C22H23FN2O6S. The Balaban J connectivity index is 1.73. The first kappa shape index (κ1) is 23.6. The minimum absolute atomic E-state index is 0.00230. The number of hydrogen-bond acceptors (Lipinski definition) is 6. The van der Waals surface area contributed by atoms with Gasteiger partial charge in [0.2, 0.25) is 10.0 Å². The van der Waals surface area contributed by atoms with Crippen molar-refractivity contribution < 1.29 is 31.9 Å². The molecule has 1 heterocycles. The average molecular weight is 462 g/mol. The molecule has 1 N–H and O–H groups in total. The molecule has 0 aliphatic carbocycles. The molecule has 0 radical (unpaired) electrons. The van der Waals surface area contributed by atoms with Crippen LogP contribution in [0.15, 0.2) is 53.4 Å². The fourth-order valence-corrected chi connectivity index (χ4v) is 4.35. The van der Waals surface area contributed by atoms with E-state index in [9.17, 15) is 27.2 Å². The number of sulfonamides is 1. The van der Waals surface area contributed by atoms with Crippen LogP contribution in [0.2, 0.25) is 0 Å². The van der Waals surface area contributed by atoms with Crippen molar-refractivity contribution in [3.63, 3.8) is 0 Å². The van der Waals surface area contributed by atoms with E-state index < -0.39 is 39.7 Å². The second-order valence-electron chi connectivity index (χ2n) is 7.22. The number of carbonyl (C=O) groups excluding carboxylic acids is 3. The van der Waals surface area contributed by atoms with Gasteiger partial charge in [-0.15, -0.1) is 0 Å². The van der Waals surface area contributed by atoms with Crippen LogP contribution in [0.1, 0.15) is 46.9 Å². The van der Waals surface area contributed by atoms with Crippen LogP contribution in [0.25, 0.3) is 0 Å². The number of imide groups is 1. The summed E-state index contributed by atoms with van der Waals surface area (Å²) in [4.78, 5) is 39.2. The lowest BCUT2D eigenvalue weighted by atomic mass is 10.1. The van der Waals surface area contributed by atoms with Crippen molar-refractivity contribution in [2.24, 2.45) is 0 Å². The number of carbonyl (C=O) groups is 3. The zero-order valence-corrected chi connectivity index (χ0v) is 18.2. The predicted molar refractivity (Wildman–Crippen MR) is 113 cm³/mol. The third-order valence-corrected chi connectivity index (χ3v) is 6.52. The lowest BCUT2D eigenvalue weighted by Crippen LogP contribution is -2.43. The predicted octanol–water partition coefficient (Wildman–Crippen LogP) is 2.50.